The van der Waals surface area contributed by atoms with E-state index >= 15 is 0 Å². The summed E-state index contributed by atoms with van der Waals surface area (Å²) in [4.78, 5) is 26.5. The molecule has 3 aromatic rings. The number of urea groups is 1. The number of unbranched alkanes of at least 4 members (excludes halogenated alkanes) is 1. The number of halogens is 2. The van der Waals surface area contributed by atoms with Gasteiger partial charge >= 0.3 is 6.03 Å². The van der Waals surface area contributed by atoms with E-state index in [9.17, 15) is 22.4 Å². The van der Waals surface area contributed by atoms with Crippen LogP contribution in [0, 0.1) is 5.82 Å². The number of carbonyl (C=O) groups excluding carboxylic acids is 2. The van der Waals surface area contributed by atoms with E-state index in [1.807, 2.05) is 24.3 Å². The third-order valence-corrected chi connectivity index (χ3v) is 8.01. The number of hydrogen-bond donors (Lipinski definition) is 3. The zero-order valence-corrected chi connectivity index (χ0v) is 25.7. The van der Waals surface area contributed by atoms with Crippen LogP contribution in [0.1, 0.15) is 54.9 Å². The molecule has 4 rings (SSSR count). The van der Waals surface area contributed by atoms with Crippen LogP contribution in [0.2, 0.25) is 0 Å². The Kier molecular flexibility index (Phi) is 11.0. The molecule has 3 N–H and O–H groups in total. The second-order valence-electron chi connectivity index (χ2n) is 10.7. The summed E-state index contributed by atoms with van der Waals surface area (Å²) in [6.45, 7) is 3.74. The number of carbonyl (C=O) groups is 2. The molecule has 2 unspecified atom stereocenters. The number of nitrogens with zero attached hydrogens (tertiary/aromatic N) is 1. The normalized spacial score (nSPS) is 17.2. The van der Waals surface area contributed by atoms with E-state index in [4.69, 9.17) is 16.3 Å². The van der Waals surface area contributed by atoms with Gasteiger partial charge in [0.15, 0.2) is 0 Å². The Bertz CT molecular complexity index is 1520. The quantitative estimate of drug-likeness (QED) is 0.191. The van der Waals surface area contributed by atoms with Crippen LogP contribution in [0.25, 0.3) is 0 Å². The summed E-state index contributed by atoms with van der Waals surface area (Å²) in [7, 11) is -3.34. The minimum absolute atomic E-state index is 0.0255. The van der Waals surface area contributed by atoms with Gasteiger partial charge < -0.3 is 15.4 Å². The van der Waals surface area contributed by atoms with E-state index in [-0.39, 0.29) is 17.3 Å². The highest BCUT2D eigenvalue weighted by Gasteiger charge is 2.29. The molecule has 1 aliphatic rings. The number of benzene rings is 3. The number of likely N-dealkylation sites (tertiary alicyclic amines) is 1. The third-order valence-electron chi connectivity index (χ3n) is 7.20. The first-order valence-corrected chi connectivity index (χ1v) is 16.4. The predicted molar refractivity (Wildman–Crippen MR) is 167 cm³/mol. The number of ether oxygens (including phenoxy) is 1. The summed E-state index contributed by atoms with van der Waals surface area (Å²) >= 11 is 5.43. The predicted octanol–water partition coefficient (Wildman–Crippen LogP) is 6.71. The van der Waals surface area contributed by atoms with Gasteiger partial charge in [-0.25, -0.2) is 17.6 Å². The minimum Gasteiger partial charge on any atom is -0.457 e. The van der Waals surface area contributed by atoms with Crippen molar-refractivity contribution in [3.05, 3.63) is 83.7 Å². The fraction of sp³-hybridized carbons (Fsp3) is 0.355. The zero-order chi connectivity index (χ0) is 31.0. The summed E-state index contributed by atoms with van der Waals surface area (Å²) in [6, 6.07) is 18.2. The summed E-state index contributed by atoms with van der Waals surface area (Å²) < 4.78 is 44.9. The van der Waals surface area contributed by atoms with Crippen LogP contribution >= 0.6 is 11.6 Å². The van der Waals surface area contributed by atoms with Gasteiger partial charge in [0.1, 0.15) is 17.3 Å². The SMILES string of the molecule is CCCCC1CC(NC(=O)Nc2ccc(F)c(C(=O)Cl)c2)CCN1Cc1ccc(Oc2ccc(NS(C)(=O)=O)cc2)cc1. The van der Waals surface area contributed by atoms with Gasteiger partial charge in [0.05, 0.1) is 11.8 Å². The van der Waals surface area contributed by atoms with Gasteiger partial charge in [-0.05, 0) is 91.0 Å². The van der Waals surface area contributed by atoms with Crippen LogP contribution in [0.15, 0.2) is 66.7 Å². The van der Waals surface area contributed by atoms with Crippen LogP contribution in [-0.4, -0.2) is 49.5 Å². The lowest BCUT2D eigenvalue weighted by molar-refractivity contribution is 0.107. The molecule has 12 heteroatoms. The molecule has 0 radical (unpaired) electrons. The second kappa shape index (κ2) is 14.7. The molecule has 1 saturated heterocycles. The standard InChI is InChI=1S/C31H36ClFN4O5S/c1-3-4-5-25-18-24(35-31(39)34-23-10-15-29(33)28(19-23)30(32)38)16-17-37(25)20-21-6-11-26(12-7-21)42-27-13-8-22(9-14-27)36-43(2,40)41/h6-15,19,24-25,36H,3-5,16-18,20H2,1-2H3,(H2,34,35,39). The fourth-order valence-corrected chi connectivity index (χ4v) is 5.83. The van der Waals surface area contributed by atoms with Crippen molar-refractivity contribution in [2.24, 2.45) is 0 Å². The maximum Gasteiger partial charge on any atom is 0.319 e. The van der Waals surface area contributed by atoms with Crippen LogP contribution < -0.4 is 20.1 Å². The van der Waals surface area contributed by atoms with E-state index in [0.717, 1.165) is 63.1 Å². The number of anilines is 2. The molecule has 0 aromatic heterocycles. The van der Waals surface area contributed by atoms with Crippen molar-refractivity contribution in [3.63, 3.8) is 0 Å². The van der Waals surface area contributed by atoms with Gasteiger partial charge in [0.25, 0.3) is 5.24 Å². The largest absolute Gasteiger partial charge is 0.457 e. The Morgan fingerprint density at radius 1 is 1.02 bits per heavy atom. The van der Waals surface area contributed by atoms with E-state index in [2.05, 4.69) is 27.2 Å². The number of rotatable bonds is 12. The molecule has 1 aliphatic heterocycles. The van der Waals surface area contributed by atoms with Gasteiger partial charge in [-0.1, -0.05) is 31.9 Å². The van der Waals surface area contributed by atoms with E-state index in [1.165, 1.54) is 12.1 Å². The monoisotopic (exact) mass is 630 g/mol. The lowest BCUT2D eigenvalue weighted by Gasteiger charge is -2.40. The van der Waals surface area contributed by atoms with Crippen molar-refractivity contribution in [3.8, 4) is 11.5 Å². The summed E-state index contributed by atoms with van der Waals surface area (Å²) in [5, 5.41) is 4.78. The molecule has 0 spiro atoms. The number of sulfonamides is 1. The van der Waals surface area contributed by atoms with Crippen molar-refractivity contribution < 1.29 is 27.1 Å². The fourth-order valence-electron chi connectivity index (χ4n) is 5.12. The van der Waals surface area contributed by atoms with Gasteiger partial charge in [-0.3, -0.25) is 14.4 Å². The Morgan fingerprint density at radius 3 is 2.30 bits per heavy atom. The van der Waals surface area contributed by atoms with Crippen molar-refractivity contribution in [1.29, 1.82) is 0 Å². The lowest BCUT2D eigenvalue weighted by atomic mass is 9.93. The van der Waals surface area contributed by atoms with Crippen molar-refractivity contribution >= 4 is 44.3 Å². The molecule has 2 amide bonds. The Balaban J connectivity index is 1.31. The molecule has 0 bridgehead atoms. The Morgan fingerprint density at radius 2 is 1.67 bits per heavy atom. The molecule has 1 heterocycles. The third kappa shape index (κ3) is 9.94. The molecule has 230 valence electrons. The van der Waals surface area contributed by atoms with E-state index < -0.39 is 27.1 Å². The van der Waals surface area contributed by atoms with E-state index in [1.54, 1.807) is 24.3 Å². The highest BCUT2D eigenvalue weighted by Crippen LogP contribution is 2.27. The second-order valence-corrected chi connectivity index (χ2v) is 12.8. The molecule has 2 atom stereocenters. The average Bonchev–Trinajstić information content (AvgIpc) is 2.95. The minimum atomic E-state index is -3.34. The first-order chi connectivity index (χ1) is 20.5. The molecule has 0 aliphatic carbocycles. The molecule has 9 nitrogen and oxygen atoms in total. The number of piperidine rings is 1. The van der Waals surface area contributed by atoms with Crippen LogP contribution in [0.5, 0.6) is 11.5 Å². The van der Waals surface area contributed by atoms with Crippen molar-refractivity contribution in [2.45, 2.75) is 57.7 Å². The highest BCUT2D eigenvalue weighted by molar-refractivity contribution is 7.92. The molecule has 3 aromatic carbocycles. The van der Waals surface area contributed by atoms with Crippen LogP contribution in [0.3, 0.4) is 0 Å². The van der Waals surface area contributed by atoms with Gasteiger partial charge in [-0.15, -0.1) is 0 Å². The summed E-state index contributed by atoms with van der Waals surface area (Å²) in [5.74, 6) is 0.528. The lowest BCUT2D eigenvalue weighted by Crippen LogP contribution is -2.50. The maximum atomic E-state index is 13.8. The summed E-state index contributed by atoms with van der Waals surface area (Å²) in [6.07, 6.45) is 5.84. The zero-order valence-electron chi connectivity index (χ0n) is 24.1. The van der Waals surface area contributed by atoms with Gasteiger partial charge in [0.2, 0.25) is 10.0 Å². The van der Waals surface area contributed by atoms with Crippen LogP contribution in [-0.2, 0) is 16.6 Å². The number of hydrogen-bond acceptors (Lipinski definition) is 6. The number of amides is 2. The molecule has 0 saturated carbocycles. The van der Waals surface area contributed by atoms with Crippen LogP contribution in [0.4, 0.5) is 20.6 Å². The molecule has 1 fully saturated rings. The average molecular weight is 631 g/mol. The Hall–Kier alpha value is -3.67. The smallest absolute Gasteiger partial charge is 0.319 e. The topological polar surface area (TPSA) is 117 Å². The molecule has 43 heavy (non-hydrogen) atoms. The van der Waals surface area contributed by atoms with Crippen molar-refractivity contribution in [2.75, 3.05) is 22.8 Å². The maximum absolute atomic E-state index is 13.8. The molecular weight excluding hydrogens is 595 g/mol. The van der Waals surface area contributed by atoms with Gasteiger partial charge in [-0.2, -0.15) is 0 Å². The first-order valence-electron chi connectivity index (χ1n) is 14.1. The van der Waals surface area contributed by atoms with Gasteiger partial charge in [0, 0.05) is 36.5 Å². The van der Waals surface area contributed by atoms with E-state index in [0.29, 0.717) is 23.2 Å². The Labute approximate surface area is 256 Å². The first kappa shape index (κ1) is 32.2. The molecular formula is C31H36ClFN4O5S. The highest BCUT2D eigenvalue weighted by atomic mass is 35.5. The van der Waals surface area contributed by atoms with Crippen molar-refractivity contribution in [1.82, 2.24) is 10.2 Å². The summed E-state index contributed by atoms with van der Waals surface area (Å²) in [5.41, 5.74) is 1.61. The number of nitrogens with one attached hydrogen (secondary N) is 3.